The highest BCUT2D eigenvalue weighted by atomic mass is 16.5. The van der Waals surface area contributed by atoms with Crippen LogP contribution in [0, 0.1) is 5.92 Å². The maximum absolute atomic E-state index is 11.1. The summed E-state index contributed by atoms with van der Waals surface area (Å²) in [6.45, 7) is 3.46. The second-order valence-corrected chi connectivity index (χ2v) is 3.71. The van der Waals surface area contributed by atoms with Crippen molar-refractivity contribution < 1.29 is 24.5 Å². The molecule has 3 atom stereocenters. The molecule has 1 aliphatic rings. The SMILES string of the molecule is C=CCOC(=O)N[C@@H]1C[C@H](C(=O)O)C[C@@H]1O. The van der Waals surface area contributed by atoms with Gasteiger partial charge in [-0.05, 0) is 12.8 Å². The van der Waals surface area contributed by atoms with Gasteiger partial charge in [-0.1, -0.05) is 12.7 Å². The molecule has 0 bridgehead atoms. The number of ether oxygens (including phenoxy) is 1. The Hall–Kier alpha value is -1.56. The maximum atomic E-state index is 11.1. The van der Waals surface area contributed by atoms with Crippen LogP contribution in [0.2, 0.25) is 0 Å². The van der Waals surface area contributed by atoms with E-state index in [-0.39, 0.29) is 19.4 Å². The van der Waals surface area contributed by atoms with E-state index in [1.165, 1.54) is 6.08 Å². The van der Waals surface area contributed by atoms with Crippen molar-refractivity contribution in [3.05, 3.63) is 12.7 Å². The minimum Gasteiger partial charge on any atom is -0.481 e. The lowest BCUT2D eigenvalue weighted by molar-refractivity contribution is -0.141. The molecule has 1 aliphatic carbocycles. The van der Waals surface area contributed by atoms with Gasteiger partial charge in [0.25, 0.3) is 0 Å². The topological polar surface area (TPSA) is 95.9 Å². The first-order chi connectivity index (χ1) is 7.54. The van der Waals surface area contributed by atoms with E-state index in [4.69, 9.17) is 5.11 Å². The molecule has 1 saturated carbocycles. The monoisotopic (exact) mass is 229 g/mol. The highest BCUT2D eigenvalue weighted by Crippen LogP contribution is 2.26. The lowest BCUT2D eigenvalue weighted by atomic mass is 10.1. The molecular weight excluding hydrogens is 214 g/mol. The number of carboxylic acid groups (broad SMARTS) is 1. The number of carbonyl (C=O) groups is 2. The van der Waals surface area contributed by atoms with Gasteiger partial charge in [-0.15, -0.1) is 0 Å². The Morgan fingerprint density at radius 2 is 2.19 bits per heavy atom. The van der Waals surface area contributed by atoms with Crippen LogP contribution in [0.3, 0.4) is 0 Å². The highest BCUT2D eigenvalue weighted by molar-refractivity contribution is 5.71. The van der Waals surface area contributed by atoms with E-state index in [1.807, 2.05) is 0 Å². The molecule has 16 heavy (non-hydrogen) atoms. The number of aliphatic hydroxyl groups excluding tert-OH is 1. The summed E-state index contributed by atoms with van der Waals surface area (Å²) in [5.41, 5.74) is 0. The molecule has 1 rings (SSSR count). The van der Waals surface area contributed by atoms with E-state index in [0.717, 1.165) is 0 Å². The van der Waals surface area contributed by atoms with E-state index >= 15 is 0 Å². The smallest absolute Gasteiger partial charge is 0.407 e. The fraction of sp³-hybridized carbons (Fsp3) is 0.600. The first-order valence-corrected chi connectivity index (χ1v) is 4.99. The van der Waals surface area contributed by atoms with Crippen molar-refractivity contribution in [1.82, 2.24) is 5.32 Å². The predicted molar refractivity (Wildman–Crippen MR) is 54.8 cm³/mol. The summed E-state index contributed by atoms with van der Waals surface area (Å²) >= 11 is 0. The minimum atomic E-state index is -0.956. The van der Waals surface area contributed by atoms with Crippen molar-refractivity contribution in [2.75, 3.05) is 6.61 Å². The second-order valence-electron chi connectivity index (χ2n) is 3.71. The number of amides is 1. The van der Waals surface area contributed by atoms with E-state index in [9.17, 15) is 14.7 Å². The summed E-state index contributed by atoms with van der Waals surface area (Å²) < 4.78 is 4.67. The molecular formula is C10H15NO5. The number of alkyl carbamates (subject to hydrolysis) is 1. The van der Waals surface area contributed by atoms with Gasteiger partial charge >= 0.3 is 12.1 Å². The zero-order valence-corrected chi connectivity index (χ0v) is 8.76. The molecule has 0 aromatic rings. The third-order valence-electron chi connectivity index (χ3n) is 2.51. The van der Waals surface area contributed by atoms with Crippen molar-refractivity contribution in [3.63, 3.8) is 0 Å². The van der Waals surface area contributed by atoms with Crippen molar-refractivity contribution >= 4 is 12.1 Å². The average Bonchev–Trinajstić information content (AvgIpc) is 2.57. The van der Waals surface area contributed by atoms with Crippen LogP contribution in [0.5, 0.6) is 0 Å². The molecule has 0 radical (unpaired) electrons. The third-order valence-corrected chi connectivity index (χ3v) is 2.51. The van der Waals surface area contributed by atoms with Crippen LogP contribution in [0.1, 0.15) is 12.8 Å². The van der Waals surface area contributed by atoms with Crippen LogP contribution in [0.4, 0.5) is 4.79 Å². The maximum Gasteiger partial charge on any atom is 0.407 e. The molecule has 0 aromatic heterocycles. The molecule has 0 aromatic carbocycles. The minimum absolute atomic E-state index is 0.0804. The molecule has 90 valence electrons. The van der Waals surface area contributed by atoms with Gasteiger partial charge in [0.15, 0.2) is 0 Å². The molecule has 3 N–H and O–H groups in total. The number of carboxylic acids is 1. The number of aliphatic carboxylic acids is 1. The quantitative estimate of drug-likeness (QED) is 0.595. The zero-order valence-electron chi connectivity index (χ0n) is 8.76. The Morgan fingerprint density at radius 1 is 1.50 bits per heavy atom. The normalized spacial score (nSPS) is 28.4. The molecule has 1 amide bonds. The summed E-state index contributed by atoms with van der Waals surface area (Å²) in [5, 5.41) is 20.7. The van der Waals surface area contributed by atoms with Crippen molar-refractivity contribution in [2.45, 2.75) is 25.0 Å². The zero-order chi connectivity index (χ0) is 12.1. The van der Waals surface area contributed by atoms with Crippen molar-refractivity contribution in [1.29, 1.82) is 0 Å². The van der Waals surface area contributed by atoms with Crippen LogP contribution in [-0.2, 0) is 9.53 Å². The number of aliphatic hydroxyl groups is 1. The van der Waals surface area contributed by atoms with E-state index in [1.54, 1.807) is 0 Å². The number of carbonyl (C=O) groups excluding carboxylic acids is 1. The van der Waals surface area contributed by atoms with Crippen LogP contribution in [0.15, 0.2) is 12.7 Å². The van der Waals surface area contributed by atoms with Crippen LogP contribution in [-0.4, -0.2) is 41.0 Å². The summed E-state index contributed by atoms with van der Waals surface area (Å²) in [7, 11) is 0. The van der Waals surface area contributed by atoms with Crippen LogP contribution in [0.25, 0.3) is 0 Å². The van der Waals surface area contributed by atoms with Gasteiger partial charge in [0.1, 0.15) is 6.61 Å². The standard InChI is InChI=1S/C10H15NO5/c1-2-3-16-10(15)11-7-4-6(9(13)14)5-8(7)12/h2,6-8,12H,1,3-5H2,(H,11,15)(H,13,14)/t6-,7+,8-/m0/s1. The van der Waals surface area contributed by atoms with Gasteiger partial charge in [-0.2, -0.15) is 0 Å². The Morgan fingerprint density at radius 3 is 2.69 bits per heavy atom. The molecule has 0 aliphatic heterocycles. The third kappa shape index (κ3) is 3.23. The van der Waals surface area contributed by atoms with E-state index in [0.29, 0.717) is 0 Å². The summed E-state index contributed by atoms with van der Waals surface area (Å²) in [4.78, 5) is 21.8. The first-order valence-electron chi connectivity index (χ1n) is 4.99. The fourth-order valence-electron chi connectivity index (χ4n) is 1.70. The van der Waals surface area contributed by atoms with Gasteiger partial charge < -0.3 is 20.3 Å². The predicted octanol–water partition coefficient (Wildman–Crippen LogP) is 0.123. The molecule has 0 unspecified atom stereocenters. The van der Waals surface area contributed by atoms with Crippen molar-refractivity contribution in [2.24, 2.45) is 5.92 Å². The first kappa shape index (κ1) is 12.5. The lowest BCUT2D eigenvalue weighted by Gasteiger charge is -2.15. The molecule has 6 heteroatoms. The van der Waals surface area contributed by atoms with Gasteiger partial charge in [0, 0.05) is 0 Å². The Bertz CT molecular complexity index is 291. The van der Waals surface area contributed by atoms with E-state index < -0.39 is 30.1 Å². The number of hydrogen-bond acceptors (Lipinski definition) is 4. The Balaban J connectivity index is 2.40. The molecule has 0 spiro atoms. The second kappa shape index (κ2) is 5.50. The Labute approximate surface area is 92.9 Å². The van der Waals surface area contributed by atoms with Crippen molar-refractivity contribution in [3.8, 4) is 0 Å². The molecule has 0 saturated heterocycles. The van der Waals surface area contributed by atoms with Gasteiger partial charge in [-0.25, -0.2) is 4.79 Å². The molecule has 1 fully saturated rings. The number of nitrogens with one attached hydrogen (secondary N) is 1. The van der Waals surface area contributed by atoms with E-state index in [2.05, 4.69) is 16.6 Å². The average molecular weight is 229 g/mol. The number of rotatable bonds is 4. The van der Waals surface area contributed by atoms with Crippen LogP contribution >= 0.6 is 0 Å². The molecule has 0 heterocycles. The van der Waals surface area contributed by atoms with Gasteiger partial charge in [-0.3, -0.25) is 4.79 Å². The lowest BCUT2D eigenvalue weighted by Crippen LogP contribution is -2.40. The Kier molecular flexibility index (Phi) is 4.30. The molecule has 6 nitrogen and oxygen atoms in total. The van der Waals surface area contributed by atoms with Gasteiger partial charge in [0.2, 0.25) is 0 Å². The highest BCUT2D eigenvalue weighted by Gasteiger charge is 2.37. The summed E-state index contributed by atoms with van der Waals surface area (Å²) in [5.74, 6) is -1.57. The fourth-order valence-corrected chi connectivity index (χ4v) is 1.70. The largest absolute Gasteiger partial charge is 0.481 e. The number of hydrogen-bond donors (Lipinski definition) is 3. The van der Waals surface area contributed by atoms with Gasteiger partial charge in [0.05, 0.1) is 18.1 Å². The van der Waals surface area contributed by atoms with Crippen LogP contribution < -0.4 is 5.32 Å². The summed E-state index contributed by atoms with van der Waals surface area (Å²) in [6, 6.07) is -0.557. The summed E-state index contributed by atoms with van der Waals surface area (Å²) in [6.07, 6.45) is 0.291.